The monoisotopic (exact) mass is 331 g/mol. The normalized spacial score (nSPS) is 11.0. The summed E-state index contributed by atoms with van der Waals surface area (Å²) in [5, 5.41) is 20.7. The molecule has 0 amide bonds. The number of aliphatic hydroxyl groups is 1. The molecule has 2 heterocycles. The molecule has 25 heavy (non-hydrogen) atoms. The second-order valence-corrected chi connectivity index (χ2v) is 5.83. The topological polar surface area (TPSA) is 86.7 Å². The lowest BCUT2D eigenvalue weighted by Gasteiger charge is -2.10. The third kappa shape index (κ3) is 3.07. The summed E-state index contributed by atoms with van der Waals surface area (Å²) in [5.74, 6) is 1.98. The second-order valence-electron chi connectivity index (χ2n) is 5.83. The highest BCUT2D eigenvalue weighted by molar-refractivity contribution is 5.92. The molecule has 0 atom stereocenters. The van der Waals surface area contributed by atoms with Gasteiger partial charge in [-0.15, -0.1) is 0 Å². The van der Waals surface area contributed by atoms with Crippen molar-refractivity contribution >= 4 is 22.5 Å². The van der Waals surface area contributed by atoms with E-state index in [9.17, 15) is 5.11 Å². The van der Waals surface area contributed by atoms with Gasteiger partial charge in [0.25, 0.3) is 0 Å². The predicted octanol–water partition coefficient (Wildman–Crippen LogP) is 3.56. The molecule has 0 unspecified atom stereocenters. The first-order valence-electron chi connectivity index (χ1n) is 7.99. The highest BCUT2D eigenvalue weighted by Gasteiger charge is 2.11. The van der Waals surface area contributed by atoms with Crippen molar-refractivity contribution in [3.63, 3.8) is 0 Å². The van der Waals surface area contributed by atoms with Crippen LogP contribution >= 0.6 is 0 Å². The van der Waals surface area contributed by atoms with Crippen molar-refractivity contribution in [2.45, 2.75) is 13.5 Å². The third-order valence-electron chi connectivity index (χ3n) is 3.93. The minimum Gasteiger partial charge on any atom is -0.392 e. The Hall–Kier alpha value is -3.25. The molecule has 0 fully saturated rings. The lowest BCUT2D eigenvalue weighted by molar-refractivity contribution is 0.282. The summed E-state index contributed by atoms with van der Waals surface area (Å²) in [6, 6.07) is 17.4. The van der Waals surface area contributed by atoms with Gasteiger partial charge in [-0.3, -0.25) is 5.10 Å². The third-order valence-corrected chi connectivity index (χ3v) is 3.93. The Morgan fingerprint density at radius 1 is 1.04 bits per heavy atom. The Bertz CT molecular complexity index is 1030. The first-order chi connectivity index (χ1) is 12.2. The molecule has 124 valence electrons. The summed E-state index contributed by atoms with van der Waals surface area (Å²) in [7, 11) is 0. The van der Waals surface area contributed by atoms with E-state index in [1.807, 2.05) is 61.5 Å². The second kappa shape index (κ2) is 6.33. The number of hydrogen-bond donors (Lipinski definition) is 3. The van der Waals surface area contributed by atoms with E-state index in [1.165, 1.54) is 0 Å². The SMILES string of the molecule is Cc1cc(Nc2nc(-c3ccccc3)nc3ccc(CO)cc23)n[nH]1. The van der Waals surface area contributed by atoms with E-state index in [0.717, 1.165) is 27.7 Å². The summed E-state index contributed by atoms with van der Waals surface area (Å²) in [6.07, 6.45) is 0. The van der Waals surface area contributed by atoms with Gasteiger partial charge in [-0.25, -0.2) is 9.97 Å². The number of aliphatic hydroxyl groups excluding tert-OH is 1. The molecular weight excluding hydrogens is 314 g/mol. The van der Waals surface area contributed by atoms with Crippen LogP contribution in [0, 0.1) is 6.92 Å². The van der Waals surface area contributed by atoms with Crippen molar-refractivity contribution in [3.8, 4) is 11.4 Å². The predicted molar refractivity (Wildman–Crippen MR) is 97.5 cm³/mol. The summed E-state index contributed by atoms with van der Waals surface area (Å²) in [4.78, 5) is 9.36. The first-order valence-corrected chi connectivity index (χ1v) is 7.99. The van der Waals surface area contributed by atoms with Gasteiger partial charge in [0.2, 0.25) is 0 Å². The zero-order chi connectivity index (χ0) is 17.2. The maximum atomic E-state index is 9.44. The number of aromatic nitrogens is 4. The zero-order valence-electron chi connectivity index (χ0n) is 13.7. The average Bonchev–Trinajstić information content (AvgIpc) is 3.06. The number of fused-ring (bicyclic) bond motifs is 1. The van der Waals surface area contributed by atoms with E-state index in [1.54, 1.807) is 0 Å². The molecule has 0 radical (unpaired) electrons. The molecule has 0 saturated heterocycles. The Balaban J connectivity index is 1.89. The molecular formula is C19H17N5O. The minimum atomic E-state index is -0.0304. The van der Waals surface area contributed by atoms with Gasteiger partial charge in [0.1, 0.15) is 5.82 Å². The minimum absolute atomic E-state index is 0.0304. The standard InChI is InChI=1S/C19H17N5O/c1-12-9-17(24-23-12)21-19-15-10-13(11-25)7-8-16(15)20-18(22-19)14-5-3-2-4-6-14/h2-10,25H,11H2,1H3,(H2,20,21,22,23,24). The molecule has 0 aliphatic rings. The number of aryl methyl sites for hydroxylation is 1. The van der Waals surface area contributed by atoms with Crippen LogP contribution in [0.2, 0.25) is 0 Å². The van der Waals surface area contributed by atoms with E-state index < -0.39 is 0 Å². The molecule has 0 bridgehead atoms. The Morgan fingerprint density at radius 3 is 2.60 bits per heavy atom. The molecule has 0 spiro atoms. The van der Waals surface area contributed by atoms with Crippen LogP contribution in [0.3, 0.4) is 0 Å². The lowest BCUT2D eigenvalue weighted by atomic mass is 10.1. The summed E-state index contributed by atoms with van der Waals surface area (Å²) < 4.78 is 0. The van der Waals surface area contributed by atoms with Crippen molar-refractivity contribution in [2.24, 2.45) is 0 Å². The largest absolute Gasteiger partial charge is 0.392 e. The van der Waals surface area contributed by atoms with Crippen LogP contribution in [0.4, 0.5) is 11.6 Å². The van der Waals surface area contributed by atoms with Crippen LogP contribution in [0.15, 0.2) is 54.6 Å². The van der Waals surface area contributed by atoms with Gasteiger partial charge in [0.05, 0.1) is 12.1 Å². The highest BCUT2D eigenvalue weighted by atomic mass is 16.3. The lowest BCUT2D eigenvalue weighted by Crippen LogP contribution is -2.00. The fourth-order valence-corrected chi connectivity index (χ4v) is 2.69. The summed E-state index contributed by atoms with van der Waals surface area (Å²) in [6.45, 7) is 1.91. The van der Waals surface area contributed by atoms with E-state index >= 15 is 0 Å². The first kappa shape index (κ1) is 15.3. The number of benzene rings is 2. The quantitative estimate of drug-likeness (QED) is 0.532. The van der Waals surface area contributed by atoms with Crippen LogP contribution in [-0.2, 0) is 6.61 Å². The van der Waals surface area contributed by atoms with Gasteiger partial charge in [-0.2, -0.15) is 5.10 Å². The van der Waals surface area contributed by atoms with Gasteiger partial charge in [-0.05, 0) is 24.6 Å². The van der Waals surface area contributed by atoms with Gasteiger partial charge in [0.15, 0.2) is 11.6 Å². The number of rotatable bonds is 4. The van der Waals surface area contributed by atoms with E-state index in [4.69, 9.17) is 4.98 Å². The van der Waals surface area contributed by atoms with Gasteiger partial charge < -0.3 is 10.4 Å². The Labute approximate surface area is 144 Å². The van der Waals surface area contributed by atoms with Crippen molar-refractivity contribution in [3.05, 3.63) is 65.9 Å². The molecule has 0 aliphatic carbocycles. The Kier molecular flexibility index (Phi) is 3.87. The number of hydrogen-bond acceptors (Lipinski definition) is 5. The number of anilines is 2. The molecule has 4 aromatic rings. The molecule has 0 aliphatic heterocycles. The van der Waals surface area contributed by atoms with Crippen LogP contribution in [0.5, 0.6) is 0 Å². The average molecular weight is 331 g/mol. The molecule has 3 N–H and O–H groups in total. The number of nitrogens with one attached hydrogen (secondary N) is 2. The maximum Gasteiger partial charge on any atom is 0.162 e. The number of nitrogens with zero attached hydrogens (tertiary/aromatic N) is 3. The van der Waals surface area contributed by atoms with Crippen LogP contribution in [0.25, 0.3) is 22.3 Å². The summed E-state index contributed by atoms with van der Waals surface area (Å²) >= 11 is 0. The van der Waals surface area contributed by atoms with Crippen molar-refractivity contribution in [1.82, 2.24) is 20.2 Å². The molecule has 6 nitrogen and oxygen atoms in total. The van der Waals surface area contributed by atoms with E-state index in [-0.39, 0.29) is 6.61 Å². The van der Waals surface area contributed by atoms with Crippen molar-refractivity contribution in [2.75, 3.05) is 5.32 Å². The molecule has 4 rings (SSSR count). The van der Waals surface area contributed by atoms with Crippen LogP contribution in [-0.4, -0.2) is 25.3 Å². The molecule has 2 aromatic heterocycles. The molecule has 6 heteroatoms. The fraction of sp³-hybridized carbons (Fsp3) is 0.105. The van der Waals surface area contributed by atoms with Crippen LogP contribution in [0.1, 0.15) is 11.3 Å². The smallest absolute Gasteiger partial charge is 0.162 e. The van der Waals surface area contributed by atoms with Gasteiger partial charge in [-0.1, -0.05) is 36.4 Å². The van der Waals surface area contributed by atoms with E-state index in [2.05, 4.69) is 20.5 Å². The number of H-pyrrole nitrogens is 1. The van der Waals surface area contributed by atoms with Gasteiger partial charge in [0, 0.05) is 22.7 Å². The zero-order valence-corrected chi connectivity index (χ0v) is 13.7. The Morgan fingerprint density at radius 2 is 1.88 bits per heavy atom. The highest BCUT2D eigenvalue weighted by Crippen LogP contribution is 2.28. The van der Waals surface area contributed by atoms with Gasteiger partial charge >= 0.3 is 0 Å². The summed E-state index contributed by atoms with van der Waals surface area (Å²) in [5.41, 5.74) is 3.52. The number of aromatic amines is 1. The molecule has 0 saturated carbocycles. The van der Waals surface area contributed by atoms with E-state index in [0.29, 0.717) is 17.5 Å². The van der Waals surface area contributed by atoms with Crippen LogP contribution < -0.4 is 5.32 Å². The van der Waals surface area contributed by atoms with Crippen molar-refractivity contribution in [1.29, 1.82) is 0 Å². The van der Waals surface area contributed by atoms with Crippen molar-refractivity contribution < 1.29 is 5.11 Å². The maximum absolute atomic E-state index is 9.44. The fourth-order valence-electron chi connectivity index (χ4n) is 2.69. The molecule has 2 aromatic carbocycles.